The number of nitrogens with zero attached hydrogens (tertiary/aromatic N) is 1. The fraction of sp³-hybridized carbons (Fsp3) is 0.500. The lowest BCUT2D eigenvalue weighted by atomic mass is 10.1. The smallest absolute Gasteiger partial charge is 0.250 e. The number of ether oxygens (including phenoxy) is 1. The van der Waals surface area contributed by atoms with Crippen molar-refractivity contribution in [1.82, 2.24) is 4.90 Å². The number of hydrogen-bond acceptors (Lipinski definition) is 4. The van der Waals surface area contributed by atoms with Crippen molar-refractivity contribution >= 4 is 11.6 Å². The van der Waals surface area contributed by atoms with Gasteiger partial charge in [-0.3, -0.25) is 4.79 Å². The molecule has 1 unspecified atom stereocenters. The highest BCUT2D eigenvalue weighted by Gasteiger charge is 2.20. The molecule has 1 aliphatic rings. The Morgan fingerprint density at radius 1 is 1.53 bits per heavy atom. The molecule has 0 bridgehead atoms. The number of nitrogens with two attached hydrogens (primary N) is 2. The highest BCUT2D eigenvalue weighted by atomic mass is 16.5. The number of carbonyl (C=O) groups excluding carboxylic acids is 1. The summed E-state index contributed by atoms with van der Waals surface area (Å²) in [6, 6.07) is 5.62. The fourth-order valence-electron chi connectivity index (χ4n) is 2.50. The maximum absolute atomic E-state index is 11.2. The first-order chi connectivity index (χ1) is 9.08. The van der Waals surface area contributed by atoms with Crippen LogP contribution in [0.1, 0.15) is 29.6 Å². The number of likely N-dealkylation sites (tertiary alicyclic amines) is 1. The molecule has 1 heterocycles. The number of anilines is 1. The molecule has 5 nitrogen and oxygen atoms in total. The van der Waals surface area contributed by atoms with Gasteiger partial charge in [0.1, 0.15) is 5.75 Å². The molecule has 2 rings (SSSR count). The summed E-state index contributed by atoms with van der Waals surface area (Å²) in [5, 5.41) is 0. The minimum absolute atomic E-state index is 0.315. The van der Waals surface area contributed by atoms with Gasteiger partial charge in [-0.15, -0.1) is 0 Å². The number of hydrogen-bond donors (Lipinski definition) is 2. The van der Waals surface area contributed by atoms with Crippen molar-refractivity contribution in [1.29, 1.82) is 0 Å². The van der Waals surface area contributed by atoms with Gasteiger partial charge in [-0.2, -0.15) is 0 Å². The van der Waals surface area contributed by atoms with E-state index in [1.54, 1.807) is 18.2 Å². The Hall–Kier alpha value is -1.75. The number of primary amides is 1. The standard InChI is InChI=1S/C14H21N3O2/c1-17-7-2-3-10(17)6-8-19-11-4-5-13(15)12(9-11)14(16)18/h4-5,9-10H,2-3,6-8,15H2,1H3,(H2,16,18). The summed E-state index contributed by atoms with van der Waals surface area (Å²) in [5.41, 5.74) is 11.6. The van der Waals surface area contributed by atoms with Gasteiger partial charge in [0, 0.05) is 11.7 Å². The maximum atomic E-state index is 11.2. The van der Waals surface area contributed by atoms with Gasteiger partial charge in [0.15, 0.2) is 0 Å². The molecule has 1 saturated heterocycles. The molecule has 0 aliphatic carbocycles. The summed E-state index contributed by atoms with van der Waals surface area (Å²) >= 11 is 0. The van der Waals surface area contributed by atoms with Crippen LogP contribution in [-0.2, 0) is 0 Å². The first-order valence-corrected chi connectivity index (χ1v) is 6.60. The zero-order chi connectivity index (χ0) is 13.8. The van der Waals surface area contributed by atoms with Crippen molar-refractivity contribution in [2.75, 3.05) is 25.9 Å². The Balaban J connectivity index is 1.89. The number of benzene rings is 1. The van der Waals surface area contributed by atoms with Gasteiger partial charge in [0.25, 0.3) is 5.91 Å². The summed E-state index contributed by atoms with van der Waals surface area (Å²) < 4.78 is 5.67. The summed E-state index contributed by atoms with van der Waals surface area (Å²) in [5.74, 6) is 0.113. The average Bonchev–Trinajstić information content (AvgIpc) is 2.77. The van der Waals surface area contributed by atoms with E-state index < -0.39 is 5.91 Å². The van der Waals surface area contributed by atoms with Crippen molar-refractivity contribution in [3.05, 3.63) is 23.8 Å². The minimum Gasteiger partial charge on any atom is -0.494 e. The number of rotatable bonds is 5. The third kappa shape index (κ3) is 3.38. The molecule has 0 radical (unpaired) electrons. The maximum Gasteiger partial charge on any atom is 0.250 e. The molecule has 0 saturated carbocycles. The molecule has 1 aromatic carbocycles. The van der Waals surface area contributed by atoms with Gasteiger partial charge in [0.05, 0.1) is 12.2 Å². The largest absolute Gasteiger partial charge is 0.494 e. The van der Waals surface area contributed by atoms with Crippen LogP contribution in [0.4, 0.5) is 5.69 Å². The van der Waals surface area contributed by atoms with Crippen molar-refractivity contribution in [2.45, 2.75) is 25.3 Å². The molecular weight excluding hydrogens is 242 g/mol. The quantitative estimate of drug-likeness (QED) is 0.783. The van der Waals surface area contributed by atoms with E-state index in [9.17, 15) is 4.79 Å². The van der Waals surface area contributed by atoms with E-state index >= 15 is 0 Å². The summed E-state index contributed by atoms with van der Waals surface area (Å²) in [6.07, 6.45) is 3.48. The topological polar surface area (TPSA) is 81.6 Å². The van der Waals surface area contributed by atoms with Gasteiger partial charge in [0.2, 0.25) is 0 Å². The van der Waals surface area contributed by atoms with Gasteiger partial charge in [-0.1, -0.05) is 0 Å². The van der Waals surface area contributed by atoms with E-state index in [-0.39, 0.29) is 0 Å². The van der Waals surface area contributed by atoms with E-state index in [1.807, 2.05) is 0 Å². The summed E-state index contributed by atoms with van der Waals surface area (Å²) in [7, 11) is 2.14. The molecule has 4 N–H and O–H groups in total. The molecule has 104 valence electrons. The van der Waals surface area contributed by atoms with Gasteiger partial charge >= 0.3 is 0 Å². The summed E-state index contributed by atoms with van der Waals surface area (Å²) in [6.45, 7) is 1.80. The Morgan fingerprint density at radius 2 is 2.32 bits per heavy atom. The Kier molecular flexibility index (Phi) is 4.27. The molecule has 1 atom stereocenters. The van der Waals surface area contributed by atoms with Crippen LogP contribution in [-0.4, -0.2) is 37.0 Å². The Labute approximate surface area is 113 Å². The predicted octanol–water partition coefficient (Wildman–Crippen LogP) is 1.23. The van der Waals surface area contributed by atoms with Crippen molar-refractivity contribution in [3.8, 4) is 5.75 Å². The SMILES string of the molecule is CN1CCCC1CCOc1ccc(N)c(C(N)=O)c1. The third-order valence-corrected chi connectivity index (χ3v) is 3.68. The van der Waals surface area contributed by atoms with Crippen molar-refractivity contribution < 1.29 is 9.53 Å². The molecular formula is C14H21N3O2. The summed E-state index contributed by atoms with van der Waals surface area (Å²) in [4.78, 5) is 13.5. The first-order valence-electron chi connectivity index (χ1n) is 6.60. The monoisotopic (exact) mass is 263 g/mol. The van der Waals surface area contributed by atoms with E-state index in [4.69, 9.17) is 16.2 Å². The van der Waals surface area contributed by atoms with Crippen LogP contribution in [0, 0.1) is 0 Å². The second-order valence-electron chi connectivity index (χ2n) is 5.03. The Bertz CT molecular complexity index is 462. The van der Waals surface area contributed by atoms with Gasteiger partial charge in [-0.25, -0.2) is 0 Å². The van der Waals surface area contributed by atoms with E-state index in [2.05, 4.69) is 11.9 Å². The molecule has 1 aromatic rings. The highest BCUT2D eigenvalue weighted by molar-refractivity contribution is 5.98. The molecule has 5 heteroatoms. The zero-order valence-electron chi connectivity index (χ0n) is 11.3. The second-order valence-corrected chi connectivity index (χ2v) is 5.03. The van der Waals surface area contributed by atoms with Crippen molar-refractivity contribution in [3.63, 3.8) is 0 Å². The van der Waals surface area contributed by atoms with Crippen LogP contribution in [0.3, 0.4) is 0 Å². The number of nitrogen functional groups attached to an aromatic ring is 1. The van der Waals surface area contributed by atoms with Crippen LogP contribution >= 0.6 is 0 Å². The molecule has 1 fully saturated rings. The second kappa shape index (κ2) is 5.93. The fourth-order valence-corrected chi connectivity index (χ4v) is 2.50. The van der Waals surface area contributed by atoms with Crippen LogP contribution < -0.4 is 16.2 Å². The van der Waals surface area contributed by atoms with Crippen LogP contribution in [0.15, 0.2) is 18.2 Å². The lowest BCUT2D eigenvalue weighted by molar-refractivity contribution is 0.100. The average molecular weight is 263 g/mol. The normalized spacial score (nSPS) is 19.5. The highest BCUT2D eigenvalue weighted by Crippen LogP contribution is 2.21. The van der Waals surface area contributed by atoms with Crippen LogP contribution in [0.2, 0.25) is 0 Å². The molecule has 0 aromatic heterocycles. The number of carbonyl (C=O) groups is 1. The lowest BCUT2D eigenvalue weighted by Crippen LogP contribution is -2.26. The van der Waals surface area contributed by atoms with E-state index in [1.165, 1.54) is 19.4 Å². The molecule has 0 spiro atoms. The minimum atomic E-state index is -0.529. The van der Waals surface area contributed by atoms with Crippen molar-refractivity contribution in [2.24, 2.45) is 5.73 Å². The Morgan fingerprint density at radius 3 is 2.95 bits per heavy atom. The zero-order valence-corrected chi connectivity index (χ0v) is 11.3. The van der Waals surface area contributed by atoms with Crippen LogP contribution in [0.25, 0.3) is 0 Å². The number of amides is 1. The third-order valence-electron chi connectivity index (χ3n) is 3.68. The molecule has 19 heavy (non-hydrogen) atoms. The van der Waals surface area contributed by atoms with Gasteiger partial charge in [-0.05, 0) is 51.1 Å². The van der Waals surface area contributed by atoms with E-state index in [0.29, 0.717) is 29.6 Å². The van der Waals surface area contributed by atoms with Crippen LogP contribution in [0.5, 0.6) is 5.75 Å². The first kappa shape index (κ1) is 13.7. The van der Waals surface area contributed by atoms with Gasteiger partial charge < -0.3 is 21.1 Å². The van der Waals surface area contributed by atoms with E-state index in [0.717, 1.165) is 6.42 Å². The predicted molar refractivity (Wildman–Crippen MR) is 75.1 cm³/mol. The molecule has 1 aliphatic heterocycles. The molecule has 1 amide bonds. The lowest BCUT2D eigenvalue weighted by Gasteiger charge is -2.19.